The Morgan fingerprint density at radius 2 is 1.81 bits per heavy atom. The second kappa shape index (κ2) is 5.67. The lowest BCUT2D eigenvalue weighted by Gasteiger charge is -2.32. The van der Waals surface area contributed by atoms with E-state index in [9.17, 15) is 0 Å². The Balaban J connectivity index is 2.30. The van der Waals surface area contributed by atoms with Crippen LogP contribution in [-0.2, 0) is 9.31 Å². The van der Waals surface area contributed by atoms with Crippen LogP contribution in [0.3, 0.4) is 0 Å². The second-order valence-electron chi connectivity index (χ2n) is 6.52. The maximum absolute atomic E-state index is 6.07. The van der Waals surface area contributed by atoms with Gasteiger partial charge >= 0.3 is 7.12 Å². The highest BCUT2D eigenvalue weighted by Crippen LogP contribution is 2.37. The standard InChI is InChI=1S/C16H22BClO3/c1-11(2)10-19-14-9-12(18)7-8-13(14)17-20-15(3,4)16(5,6)21-17/h7-9H,1,10H2,2-6H3. The van der Waals surface area contributed by atoms with E-state index in [1.54, 1.807) is 6.07 Å². The van der Waals surface area contributed by atoms with Crippen molar-refractivity contribution in [3.63, 3.8) is 0 Å². The molecular formula is C16H22BClO3. The van der Waals surface area contributed by atoms with E-state index >= 15 is 0 Å². The van der Waals surface area contributed by atoms with Gasteiger partial charge in [-0.1, -0.05) is 24.2 Å². The van der Waals surface area contributed by atoms with Crippen LogP contribution in [0.25, 0.3) is 0 Å². The molecule has 0 saturated carbocycles. The molecule has 0 bridgehead atoms. The first-order valence-corrected chi connectivity index (χ1v) is 7.42. The molecule has 1 aromatic rings. The molecule has 1 heterocycles. The number of benzene rings is 1. The van der Waals surface area contributed by atoms with Crippen LogP contribution in [0.15, 0.2) is 30.4 Å². The summed E-state index contributed by atoms with van der Waals surface area (Å²) in [4.78, 5) is 0. The molecule has 1 aliphatic heterocycles. The first-order valence-electron chi connectivity index (χ1n) is 7.05. The highest BCUT2D eigenvalue weighted by atomic mass is 35.5. The van der Waals surface area contributed by atoms with Crippen LogP contribution in [0.2, 0.25) is 5.02 Å². The van der Waals surface area contributed by atoms with Gasteiger partial charge in [0, 0.05) is 10.5 Å². The first kappa shape index (κ1) is 16.4. The summed E-state index contributed by atoms with van der Waals surface area (Å²) in [6.45, 7) is 14.3. The van der Waals surface area contributed by atoms with Crippen LogP contribution in [0, 0.1) is 0 Å². The van der Waals surface area contributed by atoms with Crippen molar-refractivity contribution in [1.82, 2.24) is 0 Å². The Labute approximate surface area is 132 Å². The average Bonchev–Trinajstić information content (AvgIpc) is 2.55. The smallest absolute Gasteiger partial charge is 0.490 e. The van der Waals surface area contributed by atoms with Gasteiger partial charge in [0.05, 0.1) is 11.2 Å². The molecule has 0 spiro atoms. The van der Waals surface area contributed by atoms with Gasteiger partial charge in [0.2, 0.25) is 0 Å². The van der Waals surface area contributed by atoms with Crippen LogP contribution < -0.4 is 10.2 Å². The summed E-state index contributed by atoms with van der Waals surface area (Å²) in [6.07, 6.45) is 0. The predicted octanol–water partition coefficient (Wildman–Crippen LogP) is 3.59. The molecule has 3 nitrogen and oxygen atoms in total. The lowest BCUT2D eigenvalue weighted by Crippen LogP contribution is -2.41. The molecule has 0 amide bonds. The molecule has 114 valence electrons. The Bertz CT molecular complexity index is 538. The van der Waals surface area contributed by atoms with Crippen molar-refractivity contribution in [2.45, 2.75) is 45.8 Å². The van der Waals surface area contributed by atoms with Gasteiger partial charge in [-0.2, -0.15) is 0 Å². The zero-order chi connectivity index (χ0) is 15.8. The zero-order valence-corrected chi connectivity index (χ0v) is 14.1. The summed E-state index contributed by atoms with van der Waals surface area (Å²) in [5.74, 6) is 0.670. The van der Waals surface area contributed by atoms with Gasteiger partial charge in [0.15, 0.2) is 0 Å². The molecule has 1 aromatic carbocycles. The van der Waals surface area contributed by atoms with Crippen molar-refractivity contribution in [1.29, 1.82) is 0 Å². The highest BCUT2D eigenvalue weighted by molar-refractivity contribution is 6.63. The van der Waals surface area contributed by atoms with Crippen molar-refractivity contribution in [3.8, 4) is 5.75 Å². The third-order valence-electron chi connectivity index (χ3n) is 3.96. The van der Waals surface area contributed by atoms with E-state index in [1.807, 2.05) is 46.8 Å². The summed E-state index contributed by atoms with van der Waals surface area (Å²) in [5.41, 5.74) is 1.01. The Kier molecular flexibility index (Phi) is 4.43. The lowest BCUT2D eigenvalue weighted by atomic mass is 9.78. The normalized spacial score (nSPS) is 19.6. The molecule has 1 fully saturated rings. The fraction of sp³-hybridized carbons (Fsp3) is 0.500. The molecular weight excluding hydrogens is 286 g/mol. The van der Waals surface area contributed by atoms with E-state index in [0.29, 0.717) is 17.4 Å². The number of hydrogen-bond acceptors (Lipinski definition) is 3. The Hall–Kier alpha value is -0.965. The quantitative estimate of drug-likeness (QED) is 0.628. The second-order valence-corrected chi connectivity index (χ2v) is 6.95. The topological polar surface area (TPSA) is 27.7 Å². The molecule has 0 N–H and O–H groups in total. The molecule has 2 rings (SSSR count). The van der Waals surface area contributed by atoms with Crippen LogP contribution in [0.1, 0.15) is 34.6 Å². The van der Waals surface area contributed by atoms with Gasteiger partial charge in [-0.25, -0.2) is 0 Å². The molecule has 0 atom stereocenters. The van der Waals surface area contributed by atoms with E-state index in [2.05, 4.69) is 6.58 Å². The molecule has 0 aromatic heterocycles. The monoisotopic (exact) mass is 308 g/mol. The maximum Gasteiger partial charge on any atom is 0.498 e. The number of halogens is 1. The van der Waals surface area contributed by atoms with Crippen LogP contribution in [-0.4, -0.2) is 24.9 Å². The first-order chi connectivity index (χ1) is 9.62. The minimum atomic E-state index is -0.465. The van der Waals surface area contributed by atoms with E-state index in [1.165, 1.54) is 0 Å². The number of hydrogen-bond donors (Lipinski definition) is 0. The van der Waals surface area contributed by atoms with Crippen LogP contribution in [0.5, 0.6) is 5.75 Å². The van der Waals surface area contributed by atoms with Crippen molar-refractivity contribution in [2.24, 2.45) is 0 Å². The summed E-state index contributed by atoms with van der Waals surface area (Å²) < 4.78 is 17.9. The van der Waals surface area contributed by atoms with Crippen molar-refractivity contribution < 1.29 is 14.0 Å². The third-order valence-corrected chi connectivity index (χ3v) is 4.19. The predicted molar refractivity (Wildman–Crippen MR) is 87.5 cm³/mol. The van der Waals surface area contributed by atoms with Crippen molar-refractivity contribution in [2.75, 3.05) is 6.61 Å². The van der Waals surface area contributed by atoms with Crippen molar-refractivity contribution >= 4 is 24.2 Å². The van der Waals surface area contributed by atoms with Crippen LogP contribution >= 0.6 is 11.6 Å². The van der Waals surface area contributed by atoms with Gasteiger partial charge in [-0.05, 0) is 52.3 Å². The molecule has 1 aliphatic rings. The van der Waals surface area contributed by atoms with Crippen molar-refractivity contribution in [3.05, 3.63) is 35.4 Å². The molecule has 0 radical (unpaired) electrons. The summed E-state index contributed by atoms with van der Waals surface area (Å²) in [7, 11) is -0.465. The van der Waals surface area contributed by atoms with Crippen LogP contribution in [0.4, 0.5) is 0 Å². The van der Waals surface area contributed by atoms with Gasteiger partial charge in [0.1, 0.15) is 12.4 Å². The fourth-order valence-electron chi connectivity index (χ4n) is 2.00. The molecule has 0 aliphatic carbocycles. The minimum absolute atomic E-state index is 0.386. The number of ether oxygens (including phenoxy) is 1. The third kappa shape index (κ3) is 3.45. The van der Waals surface area contributed by atoms with E-state index in [4.69, 9.17) is 25.6 Å². The lowest BCUT2D eigenvalue weighted by molar-refractivity contribution is 0.00578. The average molecular weight is 309 g/mol. The van der Waals surface area contributed by atoms with E-state index in [0.717, 1.165) is 11.0 Å². The molecule has 0 unspecified atom stereocenters. The van der Waals surface area contributed by atoms with Gasteiger partial charge in [-0.3, -0.25) is 0 Å². The Morgan fingerprint density at radius 3 is 2.33 bits per heavy atom. The summed E-state index contributed by atoms with van der Waals surface area (Å²) in [6, 6.07) is 5.48. The fourth-order valence-corrected chi connectivity index (χ4v) is 2.16. The zero-order valence-electron chi connectivity index (χ0n) is 13.3. The maximum atomic E-state index is 6.07. The highest BCUT2D eigenvalue weighted by Gasteiger charge is 2.52. The summed E-state index contributed by atoms with van der Waals surface area (Å²) >= 11 is 6.07. The van der Waals surface area contributed by atoms with Gasteiger partial charge in [0.25, 0.3) is 0 Å². The van der Waals surface area contributed by atoms with E-state index in [-0.39, 0.29) is 11.2 Å². The molecule has 21 heavy (non-hydrogen) atoms. The van der Waals surface area contributed by atoms with E-state index < -0.39 is 7.12 Å². The summed E-state index contributed by atoms with van der Waals surface area (Å²) in [5, 5.41) is 0.618. The number of rotatable bonds is 4. The van der Waals surface area contributed by atoms with Gasteiger partial charge < -0.3 is 14.0 Å². The molecule has 5 heteroatoms. The molecule has 1 saturated heterocycles. The van der Waals surface area contributed by atoms with Gasteiger partial charge in [-0.15, -0.1) is 0 Å². The largest absolute Gasteiger partial charge is 0.498 e. The SMILES string of the molecule is C=C(C)COc1cc(Cl)ccc1B1OC(C)(C)C(C)(C)O1. The Morgan fingerprint density at radius 1 is 1.24 bits per heavy atom. The minimum Gasteiger partial charge on any atom is -0.490 e.